The SMILES string of the molecule is CCCC[Si](OC)(OC)OC.CCO[SiH3]. The van der Waals surface area contributed by atoms with Crippen molar-refractivity contribution in [2.45, 2.75) is 32.7 Å². The van der Waals surface area contributed by atoms with Crippen molar-refractivity contribution in [1.29, 1.82) is 0 Å². The third-order valence-corrected chi connectivity index (χ3v) is 5.47. The maximum absolute atomic E-state index is 5.23. The molecule has 0 radical (unpaired) electrons. The van der Waals surface area contributed by atoms with E-state index < -0.39 is 8.80 Å². The Balaban J connectivity index is 0. The van der Waals surface area contributed by atoms with Gasteiger partial charge in [-0.3, -0.25) is 0 Å². The van der Waals surface area contributed by atoms with Crippen LogP contribution in [0.4, 0.5) is 0 Å². The normalized spacial score (nSPS) is 11.0. The maximum atomic E-state index is 5.23. The van der Waals surface area contributed by atoms with Gasteiger partial charge in [0, 0.05) is 34.0 Å². The van der Waals surface area contributed by atoms with Gasteiger partial charge in [0.15, 0.2) is 0 Å². The average Bonchev–Trinajstić information content (AvgIpc) is 2.32. The third kappa shape index (κ3) is 9.22. The van der Waals surface area contributed by atoms with Crippen LogP contribution in [0.2, 0.25) is 6.04 Å². The number of unbranched alkanes of at least 4 members (excludes halogenated alkanes) is 1. The Morgan fingerprint density at radius 3 is 1.60 bits per heavy atom. The van der Waals surface area contributed by atoms with Crippen molar-refractivity contribution >= 4 is 19.3 Å². The zero-order valence-corrected chi connectivity index (χ0v) is 14.0. The summed E-state index contributed by atoms with van der Waals surface area (Å²) in [4.78, 5) is 0. The number of hydrogen-bond donors (Lipinski definition) is 0. The highest BCUT2D eigenvalue weighted by Crippen LogP contribution is 2.15. The quantitative estimate of drug-likeness (QED) is 0.634. The second-order valence-corrected chi connectivity index (χ2v) is 6.64. The van der Waals surface area contributed by atoms with E-state index in [9.17, 15) is 0 Å². The van der Waals surface area contributed by atoms with Gasteiger partial charge in [-0.15, -0.1) is 0 Å². The molecule has 0 aliphatic heterocycles. The molecule has 0 amide bonds. The van der Waals surface area contributed by atoms with E-state index in [2.05, 4.69) is 11.3 Å². The molecule has 0 aromatic rings. The average molecular weight is 254 g/mol. The molecule has 0 heterocycles. The Hall–Kier alpha value is 0.274. The molecule has 0 bridgehead atoms. The molecular formula is C9H26O4Si2. The summed E-state index contributed by atoms with van der Waals surface area (Å²) in [5, 5.41) is 0. The molecule has 0 N–H and O–H groups in total. The molecule has 15 heavy (non-hydrogen) atoms. The zero-order chi connectivity index (χ0) is 12.2. The summed E-state index contributed by atoms with van der Waals surface area (Å²) < 4.78 is 20.4. The van der Waals surface area contributed by atoms with E-state index in [-0.39, 0.29) is 0 Å². The molecule has 0 aromatic heterocycles. The van der Waals surface area contributed by atoms with Crippen molar-refractivity contribution in [3.63, 3.8) is 0 Å². The third-order valence-electron chi connectivity index (χ3n) is 2.06. The van der Waals surface area contributed by atoms with Crippen molar-refractivity contribution in [3.8, 4) is 0 Å². The summed E-state index contributed by atoms with van der Waals surface area (Å²) in [7, 11) is 3.59. The molecule has 0 aliphatic carbocycles. The molecule has 94 valence electrons. The van der Waals surface area contributed by atoms with Gasteiger partial charge < -0.3 is 17.7 Å². The van der Waals surface area contributed by atoms with E-state index in [1.54, 1.807) is 21.3 Å². The Morgan fingerprint density at radius 2 is 1.40 bits per heavy atom. The van der Waals surface area contributed by atoms with Crippen molar-refractivity contribution in [2.24, 2.45) is 0 Å². The summed E-state index contributed by atoms with van der Waals surface area (Å²) >= 11 is 0. The van der Waals surface area contributed by atoms with Crippen LogP contribution in [-0.2, 0) is 17.7 Å². The van der Waals surface area contributed by atoms with Gasteiger partial charge in [-0.25, -0.2) is 0 Å². The van der Waals surface area contributed by atoms with E-state index in [1.807, 2.05) is 6.92 Å². The first-order chi connectivity index (χ1) is 7.16. The van der Waals surface area contributed by atoms with E-state index in [1.165, 1.54) is 0 Å². The van der Waals surface area contributed by atoms with Gasteiger partial charge in [-0.1, -0.05) is 13.3 Å². The van der Waals surface area contributed by atoms with Crippen molar-refractivity contribution in [1.82, 2.24) is 0 Å². The van der Waals surface area contributed by atoms with Crippen LogP contribution in [0.5, 0.6) is 0 Å². The lowest BCUT2D eigenvalue weighted by Crippen LogP contribution is -2.42. The maximum Gasteiger partial charge on any atom is 0.500 e. The summed E-state index contributed by atoms with van der Waals surface area (Å²) in [6, 6.07) is 0.910. The van der Waals surface area contributed by atoms with E-state index in [0.717, 1.165) is 36.0 Å². The Labute approximate surface area is 98.2 Å². The first-order valence-corrected chi connectivity index (χ1v) is 8.05. The minimum absolute atomic E-state index is 0.881. The smallest absolute Gasteiger partial charge is 0.428 e. The van der Waals surface area contributed by atoms with Gasteiger partial charge in [-0.2, -0.15) is 0 Å². The van der Waals surface area contributed by atoms with Crippen LogP contribution in [0.25, 0.3) is 0 Å². The largest absolute Gasteiger partial charge is 0.500 e. The van der Waals surface area contributed by atoms with Gasteiger partial charge >= 0.3 is 8.80 Å². The Kier molecular flexibility index (Phi) is 14.5. The molecule has 0 rings (SSSR count). The highest BCUT2D eigenvalue weighted by atomic mass is 28.4. The van der Waals surface area contributed by atoms with Gasteiger partial charge in [0.2, 0.25) is 0 Å². The highest BCUT2D eigenvalue weighted by molar-refractivity contribution is 6.60. The van der Waals surface area contributed by atoms with E-state index >= 15 is 0 Å². The van der Waals surface area contributed by atoms with Crippen molar-refractivity contribution < 1.29 is 17.7 Å². The molecule has 0 aliphatic rings. The summed E-state index contributed by atoms with van der Waals surface area (Å²) in [5.74, 6) is 0. The Morgan fingerprint density at radius 1 is 1.00 bits per heavy atom. The first kappa shape index (κ1) is 17.7. The molecule has 0 saturated carbocycles. The second kappa shape index (κ2) is 12.3. The summed E-state index contributed by atoms with van der Waals surface area (Å²) in [5.41, 5.74) is 0. The van der Waals surface area contributed by atoms with Crippen LogP contribution >= 0.6 is 0 Å². The van der Waals surface area contributed by atoms with E-state index in [0.29, 0.717) is 0 Å². The zero-order valence-electron chi connectivity index (χ0n) is 11.0. The van der Waals surface area contributed by atoms with Gasteiger partial charge in [-0.05, 0) is 13.3 Å². The van der Waals surface area contributed by atoms with Crippen molar-refractivity contribution in [2.75, 3.05) is 27.9 Å². The van der Waals surface area contributed by atoms with Gasteiger partial charge in [0.1, 0.15) is 10.5 Å². The van der Waals surface area contributed by atoms with Crippen LogP contribution in [0.1, 0.15) is 26.7 Å². The standard InChI is InChI=1S/C7H18O3Si.C2H8OSi/c1-5-6-7-11(8-2,9-3)10-4;1-2-3-4/h5-7H2,1-4H3;2H2,1,4H3. The second-order valence-electron chi connectivity index (χ2n) is 2.98. The molecule has 0 spiro atoms. The predicted octanol–water partition coefficient (Wildman–Crippen LogP) is 0.968. The topological polar surface area (TPSA) is 36.9 Å². The van der Waals surface area contributed by atoms with Crippen LogP contribution < -0.4 is 0 Å². The van der Waals surface area contributed by atoms with Gasteiger partial charge in [0.05, 0.1) is 0 Å². The number of rotatable bonds is 7. The van der Waals surface area contributed by atoms with Crippen LogP contribution in [-0.4, -0.2) is 47.2 Å². The lowest BCUT2D eigenvalue weighted by atomic mass is 10.4. The fourth-order valence-electron chi connectivity index (χ4n) is 0.949. The minimum Gasteiger partial charge on any atom is -0.428 e. The minimum atomic E-state index is -2.24. The fraction of sp³-hybridized carbons (Fsp3) is 1.00. The monoisotopic (exact) mass is 254 g/mol. The van der Waals surface area contributed by atoms with Crippen LogP contribution in [0, 0.1) is 0 Å². The molecule has 0 atom stereocenters. The first-order valence-electron chi connectivity index (χ1n) is 5.30. The molecule has 0 aromatic carbocycles. The molecule has 0 fully saturated rings. The molecule has 6 heteroatoms. The van der Waals surface area contributed by atoms with E-state index in [4.69, 9.17) is 13.3 Å². The predicted molar refractivity (Wildman–Crippen MR) is 68.1 cm³/mol. The number of hydrogen-bond acceptors (Lipinski definition) is 4. The lowest BCUT2D eigenvalue weighted by Gasteiger charge is -2.23. The molecule has 0 unspecified atom stereocenters. The van der Waals surface area contributed by atoms with Crippen molar-refractivity contribution in [3.05, 3.63) is 0 Å². The van der Waals surface area contributed by atoms with Gasteiger partial charge in [0.25, 0.3) is 0 Å². The van der Waals surface area contributed by atoms with Crippen LogP contribution in [0.3, 0.4) is 0 Å². The lowest BCUT2D eigenvalue weighted by molar-refractivity contribution is 0.123. The molecule has 4 nitrogen and oxygen atoms in total. The molecular weight excluding hydrogens is 228 g/mol. The summed E-state index contributed by atoms with van der Waals surface area (Å²) in [6.45, 7) is 5.01. The fourth-order valence-corrected chi connectivity index (χ4v) is 2.85. The summed E-state index contributed by atoms with van der Waals surface area (Å²) in [6.07, 6.45) is 2.24. The highest BCUT2D eigenvalue weighted by Gasteiger charge is 2.36. The Bertz CT molecular complexity index is 110. The van der Waals surface area contributed by atoms with Crippen LogP contribution in [0.15, 0.2) is 0 Å². The molecule has 0 saturated heterocycles.